The van der Waals surface area contributed by atoms with Crippen molar-refractivity contribution in [2.75, 3.05) is 0 Å². The van der Waals surface area contributed by atoms with Crippen LogP contribution in [0.2, 0.25) is 0 Å². The van der Waals surface area contributed by atoms with Crippen LogP contribution in [0, 0.1) is 6.92 Å². The van der Waals surface area contributed by atoms with Gasteiger partial charge in [-0.05, 0) is 25.8 Å². The second-order valence-electron chi connectivity index (χ2n) is 8.75. The molecule has 0 unspecified atom stereocenters. The zero-order valence-corrected chi connectivity index (χ0v) is 16.2. The van der Waals surface area contributed by atoms with E-state index in [-0.39, 0.29) is 10.8 Å². The number of nitrogens with zero attached hydrogens (tertiary/aromatic N) is 3. The minimum atomic E-state index is 0.0493. The maximum atomic E-state index is 5.02. The Balaban J connectivity index is 1.75. The summed E-state index contributed by atoms with van der Waals surface area (Å²) in [4.78, 5) is 9.85. The van der Waals surface area contributed by atoms with Crippen molar-refractivity contribution in [1.82, 2.24) is 20.2 Å². The summed E-state index contributed by atoms with van der Waals surface area (Å²) in [5.41, 5.74) is 7.44. The number of benzene rings is 1. The van der Waals surface area contributed by atoms with Crippen molar-refractivity contribution in [2.24, 2.45) is 0 Å². The molecule has 0 saturated heterocycles. The van der Waals surface area contributed by atoms with E-state index in [2.05, 4.69) is 75.1 Å². The van der Waals surface area contributed by atoms with Gasteiger partial charge in [-0.2, -0.15) is 5.10 Å². The van der Waals surface area contributed by atoms with Crippen molar-refractivity contribution < 1.29 is 0 Å². The van der Waals surface area contributed by atoms with Gasteiger partial charge in [0, 0.05) is 16.4 Å². The fourth-order valence-corrected chi connectivity index (χ4v) is 3.67. The van der Waals surface area contributed by atoms with E-state index in [0.717, 1.165) is 46.9 Å². The van der Waals surface area contributed by atoms with Crippen LogP contribution in [0.25, 0.3) is 22.6 Å². The summed E-state index contributed by atoms with van der Waals surface area (Å²) in [6.07, 6.45) is 4.15. The Bertz CT molecular complexity index is 949. The van der Waals surface area contributed by atoms with Gasteiger partial charge in [0.15, 0.2) is 0 Å². The normalized spacial score (nSPS) is 17.7. The highest BCUT2D eigenvalue weighted by molar-refractivity contribution is 5.66. The minimum Gasteiger partial charge on any atom is -0.276 e. The third-order valence-electron chi connectivity index (χ3n) is 5.63. The number of hydrogen-bond acceptors (Lipinski definition) is 3. The minimum absolute atomic E-state index is 0.0493. The first-order chi connectivity index (χ1) is 12.3. The highest BCUT2D eigenvalue weighted by Crippen LogP contribution is 2.44. The summed E-state index contributed by atoms with van der Waals surface area (Å²) in [7, 11) is 0. The third-order valence-corrected chi connectivity index (χ3v) is 5.63. The summed E-state index contributed by atoms with van der Waals surface area (Å²) in [5.74, 6) is 0. The Morgan fingerprint density at radius 3 is 2.23 bits per heavy atom. The molecule has 0 radical (unpaired) electrons. The standard InChI is InChI=1S/C22H26N4/c1-14-6-8-15(9-7-14)16-12-17(26-25-16)18-13-23-19-20(24-18)22(4,5)11-10-21(19,2)3/h6-9,12-13H,10-11H2,1-5H3,(H,25,26). The molecule has 0 bridgehead atoms. The summed E-state index contributed by atoms with van der Waals surface area (Å²) in [5, 5.41) is 7.61. The number of fused-ring (bicyclic) bond motifs is 1. The molecule has 2 heterocycles. The molecule has 26 heavy (non-hydrogen) atoms. The maximum Gasteiger partial charge on any atom is 0.107 e. The van der Waals surface area contributed by atoms with Crippen LogP contribution < -0.4 is 0 Å². The summed E-state index contributed by atoms with van der Waals surface area (Å²) < 4.78 is 0. The number of aromatic nitrogens is 4. The fourth-order valence-electron chi connectivity index (χ4n) is 3.67. The van der Waals surface area contributed by atoms with E-state index in [0.29, 0.717) is 0 Å². The van der Waals surface area contributed by atoms with E-state index in [1.54, 1.807) is 0 Å². The quantitative estimate of drug-likeness (QED) is 0.694. The zero-order valence-electron chi connectivity index (χ0n) is 16.2. The second kappa shape index (κ2) is 5.76. The Hall–Kier alpha value is -2.49. The van der Waals surface area contributed by atoms with Gasteiger partial charge < -0.3 is 0 Å². The Morgan fingerprint density at radius 1 is 0.885 bits per heavy atom. The van der Waals surface area contributed by atoms with Crippen LogP contribution in [0.4, 0.5) is 0 Å². The van der Waals surface area contributed by atoms with Crippen molar-refractivity contribution in [3.63, 3.8) is 0 Å². The largest absolute Gasteiger partial charge is 0.276 e. The van der Waals surface area contributed by atoms with Crippen molar-refractivity contribution in [1.29, 1.82) is 0 Å². The van der Waals surface area contributed by atoms with E-state index in [4.69, 9.17) is 9.97 Å². The molecule has 2 aromatic heterocycles. The van der Waals surface area contributed by atoms with Gasteiger partial charge in [-0.25, -0.2) is 4.98 Å². The lowest BCUT2D eigenvalue weighted by atomic mass is 9.67. The predicted molar refractivity (Wildman–Crippen MR) is 105 cm³/mol. The monoisotopic (exact) mass is 346 g/mol. The Kier molecular flexibility index (Phi) is 3.76. The topological polar surface area (TPSA) is 54.5 Å². The highest BCUT2D eigenvalue weighted by Gasteiger charge is 2.39. The number of hydrogen-bond donors (Lipinski definition) is 1. The number of rotatable bonds is 2. The van der Waals surface area contributed by atoms with Crippen LogP contribution in [0.1, 0.15) is 57.5 Å². The SMILES string of the molecule is Cc1ccc(-c2cc(-c3cnc4c(n3)C(C)(C)CCC4(C)C)[nH]n2)cc1. The molecule has 3 aromatic rings. The number of aryl methyl sites for hydroxylation is 1. The molecule has 4 rings (SSSR count). The smallest absolute Gasteiger partial charge is 0.107 e. The lowest BCUT2D eigenvalue weighted by Crippen LogP contribution is -2.36. The van der Waals surface area contributed by atoms with Gasteiger partial charge in [0.25, 0.3) is 0 Å². The Labute approximate surface area is 155 Å². The first-order valence-corrected chi connectivity index (χ1v) is 9.27. The summed E-state index contributed by atoms with van der Waals surface area (Å²) in [6, 6.07) is 10.5. The van der Waals surface area contributed by atoms with Crippen LogP contribution >= 0.6 is 0 Å². The second-order valence-corrected chi connectivity index (χ2v) is 8.75. The van der Waals surface area contributed by atoms with Gasteiger partial charge in [0.1, 0.15) is 5.69 Å². The van der Waals surface area contributed by atoms with Crippen LogP contribution in [0.15, 0.2) is 36.5 Å². The van der Waals surface area contributed by atoms with E-state index in [1.807, 2.05) is 6.20 Å². The zero-order chi connectivity index (χ0) is 18.5. The summed E-state index contributed by atoms with van der Waals surface area (Å²) in [6.45, 7) is 11.2. The molecular weight excluding hydrogens is 320 g/mol. The molecule has 0 aliphatic heterocycles. The number of aromatic amines is 1. The lowest BCUT2D eigenvalue weighted by molar-refractivity contribution is 0.314. The average Bonchev–Trinajstić information content (AvgIpc) is 3.09. The predicted octanol–water partition coefficient (Wildman–Crippen LogP) is 5.19. The van der Waals surface area contributed by atoms with Gasteiger partial charge >= 0.3 is 0 Å². The number of H-pyrrole nitrogens is 1. The average molecular weight is 346 g/mol. The Morgan fingerprint density at radius 2 is 1.54 bits per heavy atom. The van der Waals surface area contributed by atoms with Gasteiger partial charge in [0.2, 0.25) is 0 Å². The third kappa shape index (κ3) is 2.83. The van der Waals surface area contributed by atoms with Gasteiger partial charge in [0.05, 0.1) is 29.0 Å². The van der Waals surface area contributed by atoms with E-state index < -0.39 is 0 Å². The molecule has 4 heteroatoms. The molecule has 1 aliphatic rings. The molecule has 0 saturated carbocycles. The van der Waals surface area contributed by atoms with Crippen LogP contribution in [0.5, 0.6) is 0 Å². The van der Waals surface area contributed by atoms with Crippen molar-refractivity contribution >= 4 is 0 Å². The van der Waals surface area contributed by atoms with Gasteiger partial charge in [-0.1, -0.05) is 57.5 Å². The van der Waals surface area contributed by atoms with Crippen LogP contribution in [0.3, 0.4) is 0 Å². The molecular formula is C22H26N4. The molecule has 134 valence electrons. The number of nitrogens with one attached hydrogen (secondary N) is 1. The molecule has 0 amide bonds. The summed E-state index contributed by atoms with van der Waals surface area (Å²) >= 11 is 0. The van der Waals surface area contributed by atoms with Crippen molar-refractivity contribution in [2.45, 2.75) is 58.3 Å². The van der Waals surface area contributed by atoms with Crippen molar-refractivity contribution in [3.05, 3.63) is 53.5 Å². The first kappa shape index (κ1) is 17.0. The van der Waals surface area contributed by atoms with E-state index >= 15 is 0 Å². The molecule has 0 atom stereocenters. The molecule has 0 fully saturated rings. The maximum absolute atomic E-state index is 5.02. The first-order valence-electron chi connectivity index (χ1n) is 9.27. The van der Waals surface area contributed by atoms with E-state index in [9.17, 15) is 0 Å². The molecule has 0 spiro atoms. The molecule has 1 aromatic carbocycles. The van der Waals surface area contributed by atoms with Gasteiger partial charge in [-0.15, -0.1) is 0 Å². The van der Waals surface area contributed by atoms with Crippen molar-refractivity contribution in [3.8, 4) is 22.6 Å². The van der Waals surface area contributed by atoms with Crippen LogP contribution in [-0.4, -0.2) is 20.2 Å². The van der Waals surface area contributed by atoms with E-state index in [1.165, 1.54) is 5.56 Å². The highest BCUT2D eigenvalue weighted by atomic mass is 15.1. The molecule has 4 nitrogen and oxygen atoms in total. The lowest BCUT2D eigenvalue weighted by Gasteiger charge is -2.39. The fraction of sp³-hybridized carbons (Fsp3) is 0.409. The molecule has 1 aliphatic carbocycles. The van der Waals surface area contributed by atoms with Gasteiger partial charge in [-0.3, -0.25) is 10.1 Å². The molecule has 1 N–H and O–H groups in total. The van der Waals surface area contributed by atoms with Crippen LogP contribution in [-0.2, 0) is 10.8 Å².